The molecular weight excluding hydrogens is 458 g/mol. The van der Waals surface area contributed by atoms with E-state index >= 15 is 0 Å². The monoisotopic (exact) mass is 497 g/mol. The Morgan fingerprint density at radius 2 is 1.86 bits per heavy atom. The molecule has 3 saturated heterocycles. The Morgan fingerprint density at radius 3 is 2.54 bits per heavy atom. The third-order valence-electron chi connectivity index (χ3n) is 9.67. The average Bonchev–Trinajstić information content (AvgIpc) is 3.53. The van der Waals surface area contributed by atoms with Gasteiger partial charge in [-0.1, -0.05) is 26.8 Å². The number of aryl methyl sites for hydroxylation is 1. The van der Waals surface area contributed by atoms with E-state index in [-0.39, 0.29) is 0 Å². The number of hydrogen-bond acceptors (Lipinski definition) is 4. The second kappa shape index (κ2) is 8.40. The fourth-order valence-corrected chi connectivity index (χ4v) is 7.55. The first kappa shape index (κ1) is 23.4. The van der Waals surface area contributed by atoms with Crippen molar-refractivity contribution in [3.05, 3.63) is 53.0 Å². The Morgan fingerprint density at radius 1 is 1.11 bits per heavy atom. The van der Waals surface area contributed by atoms with Gasteiger partial charge in [0.2, 0.25) is 0 Å². The average molecular weight is 498 g/mol. The second-order valence-electron chi connectivity index (χ2n) is 12.8. The topological polar surface area (TPSA) is 58.5 Å². The van der Waals surface area contributed by atoms with Gasteiger partial charge in [0, 0.05) is 46.7 Å². The number of piperidine rings is 1. The number of hydrogen-bond donors (Lipinski definition) is 1. The molecule has 7 rings (SSSR count). The van der Waals surface area contributed by atoms with Crippen LogP contribution < -0.4 is 0 Å². The summed E-state index contributed by atoms with van der Waals surface area (Å²) in [5.41, 5.74) is 10.4. The third-order valence-corrected chi connectivity index (χ3v) is 9.67. The quantitative estimate of drug-likeness (QED) is 0.348. The molecule has 3 aliphatic rings. The van der Waals surface area contributed by atoms with Crippen molar-refractivity contribution in [1.82, 2.24) is 24.5 Å². The molecule has 1 aromatic carbocycles. The van der Waals surface area contributed by atoms with Gasteiger partial charge in [0.25, 0.3) is 0 Å². The molecule has 0 saturated carbocycles. The molecule has 3 aromatic heterocycles. The van der Waals surface area contributed by atoms with Crippen molar-refractivity contribution in [1.29, 1.82) is 0 Å². The number of nitrogens with one attached hydrogen (secondary N) is 1. The van der Waals surface area contributed by atoms with Crippen LogP contribution in [-0.2, 0) is 4.74 Å². The molecule has 3 fully saturated rings. The molecule has 0 amide bonds. The maximum Gasteiger partial charge on any atom is 0.163 e. The zero-order chi connectivity index (χ0) is 25.5. The molecule has 2 bridgehead atoms. The van der Waals surface area contributed by atoms with Crippen LogP contribution in [0.2, 0.25) is 0 Å². The lowest BCUT2D eigenvalue weighted by Gasteiger charge is -2.47. The zero-order valence-electron chi connectivity index (χ0n) is 22.8. The summed E-state index contributed by atoms with van der Waals surface area (Å²) in [5.74, 6) is 1.07. The number of nitrogens with zero attached hydrogens (tertiary/aromatic N) is 4. The van der Waals surface area contributed by atoms with Gasteiger partial charge < -0.3 is 9.72 Å². The lowest BCUT2D eigenvalue weighted by molar-refractivity contribution is -0.123. The highest BCUT2D eigenvalue weighted by Gasteiger charge is 2.45. The van der Waals surface area contributed by atoms with Crippen LogP contribution in [0.5, 0.6) is 0 Å². The minimum absolute atomic E-state index is 0.368. The normalized spacial score (nSPS) is 25.4. The van der Waals surface area contributed by atoms with E-state index in [0.29, 0.717) is 17.3 Å². The number of benzene rings is 1. The number of pyridine rings is 1. The van der Waals surface area contributed by atoms with E-state index in [0.717, 1.165) is 30.9 Å². The van der Waals surface area contributed by atoms with Crippen molar-refractivity contribution in [3.63, 3.8) is 0 Å². The highest BCUT2D eigenvalue weighted by atomic mass is 16.5. The molecule has 0 spiro atoms. The fraction of sp³-hybridized carbons (Fsp3) is 0.548. The first-order valence-corrected chi connectivity index (χ1v) is 14.1. The van der Waals surface area contributed by atoms with Crippen LogP contribution in [0.3, 0.4) is 0 Å². The molecule has 3 aliphatic heterocycles. The van der Waals surface area contributed by atoms with E-state index in [4.69, 9.17) is 4.74 Å². The Balaban J connectivity index is 1.25. The van der Waals surface area contributed by atoms with Crippen LogP contribution in [0.25, 0.3) is 27.8 Å². The van der Waals surface area contributed by atoms with Crippen LogP contribution >= 0.6 is 0 Å². The summed E-state index contributed by atoms with van der Waals surface area (Å²) in [5, 5.41) is 9.85. The molecule has 1 unspecified atom stereocenters. The number of ether oxygens (including phenoxy) is 1. The third kappa shape index (κ3) is 3.67. The van der Waals surface area contributed by atoms with Crippen molar-refractivity contribution >= 4 is 16.6 Å². The second-order valence-corrected chi connectivity index (χ2v) is 12.8. The van der Waals surface area contributed by atoms with E-state index in [9.17, 15) is 0 Å². The summed E-state index contributed by atoms with van der Waals surface area (Å²) in [7, 11) is 0. The molecule has 6 heterocycles. The number of rotatable bonds is 5. The molecule has 194 valence electrons. The highest BCUT2D eigenvalue weighted by Crippen LogP contribution is 2.46. The summed E-state index contributed by atoms with van der Waals surface area (Å²) in [6.07, 6.45) is 9.29. The standard InChI is InChI=1S/C31H39N5O/c1-18(2)28-25-12-21(22-10-23-7-8-24(11-22)36(23)14-31(5)15-37-16-31)6-9-27(25)33-29(28)26-13-35-17-32-34-30(35)20(4)19(26)3/h6,9,12-13,17-18,22-24,33H,7-8,10-11,14-16H2,1-5H3/t22?,23-,24+. The van der Waals surface area contributed by atoms with Crippen LogP contribution in [0.4, 0.5) is 0 Å². The van der Waals surface area contributed by atoms with Gasteiger partial charge in [-0.25, -0.2) is 0 Å². The molecule has 6 nitrogen and oxygen atoms in total. The van der Waals surface area contributed by atoms with Gasteiger partial charge in [0.1, 0.15) is 6.33 Å². The van der Waals surface area contributed by atoms with Crippen LogP contribution in [0.15, 0.2) is 30.7 Å². The van der Waals surface area contributed by atoms with Gasteiger partial charge in [-0.3, -0.25) is 9.30 Å². The van der Waals surface area contributed by atoms with Crippen LogP contribution in [0, 0.1) is 19.3 Å². The van der Waals surface area contributed by atoms with Crippen molar-refractivity contribution in [2.45, 2.75) is 84.2 Å². The smallest absolute Gasteiger partial charge is 0.163 e. The molecule has 6 heteroatoms. The summed E-state index contributed by atoms with van der Waals surface area (Å²) >= 11 is 0. The highest BCUT2D eigenvalue weighted by molar-refractivity contribution is 5.92. The van der Waals surface area contributed by atoms with Crippen molar-refractivity contribution in [2.24, 2.45) is 5.41 Å². The van der Waals surface area contributed by atoms with E-state index in [2.05, 4.69) is 83.5 Å². The van der Waals surface area contributed by atoms with E-state index in [1.54, 1.807) is 6.33 Å². The summed E-state index contributed by atoms with van der Waals surface area (Å²) in [6, 6.07) is 8.70. The predicted molar refractivity (Wildman–Crippen MR) is 148 cm³/mol. The van der Waals surface area contributed by atoms with Crippen molar-refractivity contribution < 1.29 is 4.74 Å². The Kier molecular flexibility index (Phi) is 5.32. The lowest BCUT2D eigenvalue weighted by Crippen LogP contribution is -2.53. The van der Waals surface area contributed by atoms with Gasteiger partial charge in [0.05, 0.1) is 18.9 Å². The Bertz CT molecular complexity index is 1480. The Hall–Kier alpha value is -2.70. The number of aromatic amines is 1. The van der Waals surface area contributed by atoms with E-state index in [1.807, 2.05) is 0 Å². The number of fused-ring (bicyclic) bond motifs is 4. The molecule has 0 radical (unpaired) electrons. The molecule has 0 aliphatic carbocycles. The van der Waals surface area contributed by atoms with Gasteiger partial charge in [-0.2, -0.15) is 0 Å². The van der Waals surface area contributed by atoms with Gasteiger partial charge in [-0.15, -0.1) is 10.2 Å². The molecule has 4 aromatic rings. The first-order chi connectivity index (χ1) is 17.8. The first-order valence-electron chi connectivity index (χ1n) is 14.1. The van der Waals surface area contributed by atoms with Crippen molar-refractivity contribution in [3.8, 4) is 11.3 Å². The van der Waals surface area contributed by atoms with Crippen LogP contribution in [0.1, 0.15) is 80.5 Å². The SMILES string of the molecule is Cc1c(-c2[nH]c3ccc(C4C[C@H]5CC[C@@H](C4)N5CC4(C)COC4)cc3c2C(C)C)cn2cnnc2c1C. The van der Waals surface area contributed by atoms with Crippen molar-refractivity contribution in [2.75, 3.05) is 19.8 Å². The zero-order valence-corrected chi connectivity index (χ0v) is 22.8. The largest absolute Gasteiger partial charge is 0.380 e. The number of H-pyrrole nitrogens is 1. The van der Waals surface area contributed by atoms with E-state index in [1.165, 1.54) is 76.6 Å². The minimum Gasteiger partial charge on any atom is -0.380 e. The summed E-state index contributed by atoms with van der Waals surface area (Å²) in [4.78, 5) is 6.66. The molecule has 1 N–H and O–H groups in total. The lowest BCUT2D eigenvalue weighted by atomic mass is 9.81. The molecule has 37 heavy (non-hydrogen) atoms. The maximum absolute atomic E-state index is 5.56. The molecule has 3 atom stereocenters. The summed E-state index contributed by atoms with van der Waals surface area (Å²) in [6.45, 7) is 14.5. The number of aromatic nitrogens is 4. The van der Waals surface area contributed by atoms with E-state index < -0.39 is 0 Å². The van der Waals surface area contributed by atoms with Gasteiger partial charge in [-0.05, 0) is 85.8 Å². The Labute approximate surface area is 219 Å². The minimum atomic E-state index is 0.368. The predicted octanol–water partition coefficient (Wildman–Crippen LogP) is 6.36. The van der Waals surface area contributed by atoms with Gasteiger partial charge >= 0.3 is 0 Å². The molecular formula is C31H39N5O. The maximum atomic E-state index is 5.56. The van der Waals surface area contributed by atoms with Gasteiger partial charge in [0.15, 0.2) is 5.65 Å². The fourth-order valence-electron chi connectivity index (χ4n) is 7.55. The van der Waals surface area contributed by atoms with Crippen LogP contribution in [-0.4, -0.2) is 56.3 Å². The summed E-state index contributed by atoms with van der Waals surface area (Å²) < 4.78 is 7.61.